The molecule has 2 rings (SSSR count). The monoisotopic (exact) mass is 209 g/mol. The van der Waals surface area contributed by atoms with Gasteiger partial charge in [0.25, 0.3) is 5.91 Å². The molecule has 1 aromatic rings. The van der Waals surface area contributed by atoms with Gasteiger partial charge in [-0.1, -0.05) is 0 Å². The fraction of sp³-hybridized carbons (Fsp3) is 0.545. The molecule has 0 aliphatic carbocycles. The van der Waals surface area contributed by atoms with Crippen molar-refractivity contribution in [1.82, 2.24) is 5.32 Å². The second-order valence-corrected chi connectivity index (χ2v) is 4.65. The first kappa shape index (κ1) is 10.2. The SMILES string of the molecule is CC(C)(C)O[C@H]1C(=O)N[C@H]1c1ccco1. The minimum absolute atomic E-state index is 0.0775. The van der Waals surface area contributed by atoms with Crippen LogP contribution in [0.3, 0.4) is 0 Å². The lowest BCUT2D eigenvalue weighted by Gasteiger charge is -2.38. The molecule has 1 N–H and O–H groups in total. The van der Waals surface area contributed by atoms with Crippen LogP contribution in [-0.2, 0) is 9.53 Å². The van der Waals surface area contributed by atoms with E-state index in [1.165, 1.54) is 0 Å². The first-order valence-corrected chi connectivity index (χ1v) is 4.99. The summed E-state index contributed by atoms with van der Waals surface area (Å²) < 4.78 is 10.9. The molecule has 0 aromatic carbocycles. The highest BCUT2D eigenvalue weighted by Crippen LogP contribution is 2.30. The summed E-state index contributed by atoms with van der Waals surface area (Å²) in [6.45, 7) is 5.79. The summed E-state index contributed by atoms with van der Waals surface area (Å²) in [7, 11) is 0. The van der Waals surface area contributed by atoms with Gasteiger partial charge in [0.15, 0.2) is 6.10 Å². The Hall–Kier alpha value is -1.29. The minimum Gasteiger partial charge on any atom is -0.467 e. The molecule has 1 aromatic heterocycles. The maximum absolute atomic E-state index is 11.3. The van der Waals surface area contributed by atoms with Crippen LogP contribution in [0.2, 0.25) is 0 Å². The van der Waals surface area contributed by atoms with Crippen LogP contribution in [0.4, 0.5) is 0 Å². The lowest BCUT2D eigenvalue weighted by Crippen LogP contribution is -2.58. The van der Waals surface area contributed by atoms with Crippen LogP contribution < -0.4 is 5.32 Å². The van der Waals surface area contributed by atoms with Gasteiger partial charge in [0.2, 0.25) is 0 Å². The average molecular weight is 209 g/mol. The Balaban J connectivity index is 2.07. The average Bonchev–Trinajstić information content (AvgIpc) is 2.61. The van der Waals surface area contributed by atoms with E-state index >= 15 is 0 Å². The van der Waals surface area contributed by atoms with Crippen molar-refractivity contribution in [3.05, 3.63) is 24.2 Å². The van der Waals surface area contributed by atoms with Crippen LogP contribution in [0.15, 0.2) is 22.8 Å². The molecule has 0 unspecified atom stereocenters. The van der Waals surface area contributed by atoms with E-state index in [1.807, 2.05) is 26.8 Å². The van der Waals surface area contributed by atoms with E-state index in [2.05, 4.69) is 5.32 Å². The predicted octanol–water partition coefficient (Wildman–Crippen LogP) is 1.63. The van der Waals surface area contributed by atoms with Crippen molar-refractivity contribution in [1.29, 1.82) is 0 Å². The molecule has 2 heterocycles. The Bertz CT molecular complexity index is 350. The topological polar surface area (TPSA) is 51.5 Å². The summed E-state index contributed by atoms with van der Waals surface area (Å²) in [5.74, 6) is 0.662. The van der Waals surface area contributed by atoms with Gasteiger partial charge in [-0.25, -0.2) is 0 Å². The Kier molecular flexibility index (Phi) is 2.31. The molecule has 1 aliphatic rings. The Morgan fingerprint density at radius 1 is 1.47 bits per heavy atom. The van der Waals surface area contributed by atoms with E-state index in [1.54, 1.807) is 12.3 Å². The number of hydrogen-bond acceptors (Lipinski definition) is 3. The highest BCUT2D eigenvalue weighted by atomic mass is 16.5. The van der Waals surface area contributed by atoms with Crippen molar-refractivity contribution < 1.29 is 13.9 Å². The van der Waals surface area contributed by atoms with Crippen molar-refractivity contribution in [3.63, 3.8) is 0 Å². The van der Waals surface area contributed by atoms with E-state index in [9.17, 15) is 4.79 Å². The third-order valence-corrected chi connectivity index (χ3v) is 2.19. The Morgan fingerprint density at radius 3 is 2.67 bits per heavy atom. The van der Waals surface area contributed by atoms with Gasteiger partial charge in [-0.05, 0) is 32.9 Å². The quantitative estimate of drug-likeness (QED) is 0.753. The molecule has 4 heteroatoms. The van der Waals surface area contributed by atoms with Crippen LogP contribution >= 0.6 is 0 Å². The van der Waals surface area contributed by atoms with E-state index < -0.39 is 6.10 Å². The van der Waals surface area contributed by atoms with E-state index in [4.69, 9.17) is 9.15 Å². The second-order valence-electron chi connectivity index (χ2n) is 4.65. The Labute approximate surface area is 88.6 Å². The lowest BCUT2D eigenvalue weighted by molar-refractivity contribution is -0.164. The number of amides is 1. The molecular formula is C11H15NO3. The van der Waals surface area contributed by atoms with Crippen molar-refractivity contribution >= 4 is 5.91 Å². The molecule has 82 valence electrons. The van der Waals surface area contributed by atoms with Crippen molar-refractivity contribution in [2.24, 2.45) is 0 Å². The van der Waals surface area contributed by atoms with Crippen molar-refractivity contribution in [2.75, 3.05) is 0 Å². The van der Waals surface area contributed by atoms with Gasteiger partial charge in [-0.2, -0.15) is 0 Å². The number of nitrogens with one attached hydrogen (secondary N) is 1. The highest BCUT2D eigenvalue weighted by Gasteiger charge is 2.44. The number of carbonyl (C=O) groups is 1. The molecule has 0 bridgehead atoms. The first-order valence-electron chi connectivity index (χ1n) is 4.99. The van der Waals surface area contributed by atoms with Gasteiger partial charge >= 0.3 is 0 Å². The Morgan fingerprint density at radius 2 is 2.20 bits per heavy atom. The van der Waals surface area contributed by atoms with Gasteiger partial charge in [-0.15, -0.1) is 0 Å². The first-order chi connectivity index (χ1) is 6.97. The molecule has 4 nitrogen and oxygen atoms in total. The van der Waals surface area contributed by atoms with E-state index in [0.29, 0.717) is 0 Å². The molecule has 0 spiro atoms. The molecule has 1 fully saturated rings. The zero-order chi connectivity index (χ0) is 11.1. The maximum atomic E-state index is 11.3. The van der Waals surface area contributed by atoms with Crippen LogP contribution in [0, 0.1) is 0 Å². The van der Waals surface area contributed by atoms with Gasteiger partial charge < -0.3 is 14.5 Å². The van der Waals surface area contributed by atoms with Crippen molar-refractivity contribution in [3.8, 4) is 0 Å². The van der Waals surface area contributed by atoms with Crippen LogP contribution in [-0.4, -0.2) is 17.6 Å². The number of β-lactam (4-membered cyclic amide) rings is 1. The number of ether oxygens (including phenoxy) is 1. The molecule has 0 saturated carbocycles. The fourth-order valence-electron chi connectivity index (χ4n) is 1.56. The maximum Gasteiger partial charge on any atom is 0.252 e. The fourth-order valence-corrected chi connectivity index (χ4v) is 1.56. The van der Waals surface area contributed by atoms with Crippen LogP contribution in [0.1, 0.15) is 32.6 Å². The van der Waals surface area contributed by atoms with E-state index in [-0.39, 0.29) is 17.6 Å². The lowest BCUT2D eigenvalue weighted by atomic mass is 9.98. The second kappa shape index (κ2) is 3.38. The number of carbonyl (C=O) groups excluding carboxylic acids is 1. The van der Waals surface area contributed by atoms with Crippen LogP contribution in [0.25, 0.3) is 0 Å². The molecule has 1 aliphatic heterocycles. The largest absolute Gasteiger partial charge is 0.467 e. The molecule has 2 atom stereocenters. The van der Waals surface area contributed by atoms with Gasteiger partial charge in [-0.3, -0.25) is 4.79 Å². The van der Waals surface area contributed by atoms with Crippen molar-refractivity contribution in [2.45, 2.75) is 38.5 Å². The summed E-state index contributed by atoms with van der Waals surface area (Å²) >= 11 is 0. The molecule has 0 radical (unpaired) electrons. The normalized spacial score (nSPS) is 25.9. The third-order valence-electron chi connectivity index (χ3n) is 2.19. The third kappa shape index (κ3) is 2.04. The molecule has 15 heavy (non-hydrogen) atoms. The highest BCUT2D eigenvalue weighted by molar-refractivity contribution is 5.88. The van der Waals surface area contributed by atoms with E-state index in [0.717, 1.165) is 5.76 Å². The van der Waals surface area contributed by atoms with Gasteiger partial charge in [0.05, 0.1) is 11.9 Å². The summed E-state index contributed by atoms with van der Waals surface area (Å²) in [6, 6.07) is 3.49. The summed E-state index contributed by atoms with van der Waals surface area (Å²) in [4.78, 5) is 11.3. The predicted molar refractivity (Wildman–Crippen MR) is 54.2 cm³/mol. The number of rotatable bonds is 2. The smallest absolute Gasteiger partial charge is 0.252 e. The summed E-state index contributed by atoms with van der Waals surface area (Å²) in [5, 5.41) is 2.76. The molecule has 1 saturated heterocycles. The van der Waals surface area contributed by atoms with Gasteiger partial charge in [0, 0.05) is 0 Å². The zero-order valence-corrected chi connectivity index (χ0v) is 9.11. The molecule has 1 amide bonds. The standard InChI is InChI=1S/C11H15NO3/c1-11(2,3)15-9-8(12-10(9)13)7-5-4-6-14-7/h4-6,8-9H,1-3H3,(H,12,13)/t8-,9+/m0/s1. The number of furan rings is 1. The summed E-state index contributed by atoms with van der Waals surface area (Å²) in [6.07, 6.45) is 1.16. The minimum atomic E-state index is -0.434. The molecular weight excluding hydrogens is 194 g/mol. The zero-order valence-electron chi connectivity index (χ0n) is 9.11. The number of hydrogen-bond donors (Lipinski definition) is 1. The summed E-state index contributed by atoms with van der Waals surface area (Å²) in [5.41, 5.74) is -0.326. The van der Waals surface area contributed by atoms with Gasteiger partial charge in [0.1, 0.15) is 11.8 Å². The van der Waals surface area contributed by atoms with Crippen LogP contribution in [0.5, 0.6) is 0 Å².